The number of hydrogen-bond acceptors (Lipinski definition) is 3. The zero-order valence-electron chi connectivity index (χ0n) is 7.19. The molecule has 3 rings (SSSR count). The van der Waals surface area contributed by atoms with Crippen molar-refractivity contribution in [2.24, 2.45) is 0 Å². The van der Waals surface area contributed by atoms with E-state index in [1.54, 1.807) is 22.7 Å². The van der Waals surface area contributed by atoms with Crippen molar-refractivity contribution in [1.82, 2.24) is 0 Å². The van der Waals surface area contributed by atoms with Crippen molar-refractivity contribution in [3.63, 3.8) is 0 Å². The summed E-state index contributed by atoms with van der Waals surface area (Å²) in [6.07, 6.45) is 0. The lowest BCUT2D eigenvalue weighted by Gasteiger charge is -1.77. The highest BCUT2D eigenvalue weighted by Crippen LogP contribution is 2.21. The molecule has 3 heteroatoms. The fourth-order valence-corrected chi connectivity index (χ4v) is 3.15. The van der Waals surface area contributed by atoms with Gasteiger partial charge in [-0.15, -0.1) is 11.3 Å². The number of fused-ring (bicyclic) bond motifs is 2. The van der Waals surface area contributed by atoms with Gasteiger partial charge < -0.3 is 0 Å². The molecule has 0 saturated heterocycles. The highest BCUT2D eigenvalue weighted by atomic mass is 32.1. The van der Waals surface area contributed by atoms with Gasteiger partial charge in [0.15, 0.2) is 5.43 Å². The molecule has 68 valence electrons. The minimum atomic E-state index is 0.155. The Bertz CT molecular complexity index is 607. The van der Waals surface area contributed by atoms with E-state index in [0.29, 0.717) is 0 Å². The van der Waals surface area contributed by atoms with Crippen LogP contribution in [0, 0.1) is 0 Å². The third-order valence-corrected chi connectivity index (χ3v) is 3.93. The van der Waals surface area contributed by atoms with E-state index >= 15 is 0 Å². The molecule has 0 N–H and O–H groups in total. The molecule has 1 nitrogen and oxygen atoms in total. The molecule has 0 fully saturated rings. The standard InChI is InChI=1S/C11H6OS2/c12-11-8-3-4-14-10(8)2-1-7-5-13-6-9(7)11/h1-6H. The van der Waals surface area contributed by atoms with Gasteiger partial charge in [-0.1, -0.05) is 6.07 Å². The predicted octanol–water partition coefficient (Wildman–Crippen LogP) is 3.48. The Kier molecular flexibility index (Phi) is 1.69. The molecule has 0 saturated carbocycles. The lowest BCUT2D eigenvalue weighted by atomic mass is 10.3. The van der Waals surface area contributed by atoms with E-state index in [0.717, 1.165) is 20.9 Å². The summed E-state index contributed by atoms with van der Waals surface area (Å²) in [5.41, 5.74) is 0.155. The molecule has 14 heavy (non-hydrogen) atoms. The van der Waals surface area contributed by atoms with Gasteiger partial charge in [0.2, 0.25) is 0 Å². The van der Waals surface area contributed by atoms with Crippen LogP contribution < -0.4 is 5.43 Å². The second kappa shape index (κ2) is 2.90. The Balaban J connectivity index is 2.74. The van der Waals surface area contributed by atoms with Crippen molar-refractivity contribution >= 4 is 43.5 Å². The summed E-state index contributed by atoms with van der Waals surface area (Å²) in [4.78, 5) is 12.0. The van der Waals surface area contributed by atoms with E-state index in [4.69, 9.17) is 0 Å². The summed E-state index contributed by atoms with van der Waals surface area (Å²) in [6.45, 7) is 0. The van der Waals surface area contributed by atoms with Crippen molar-refractivity contribution in [2.45, 2.75) is 0 Å². The van der Waals surface area contributed by atoms with Gasteiger partial charge in [-0.05, 0) is 28.3 Å². The Hall–Kier alpha value is -1.19. The maximum Gasteiger partial charge on any atom is 0.195 e. The molecular weight excluding hydrogens is 212 g/mol. The van der Waals surface area contributed by atoms with Gasteiger partial charge in [-0.25, -0.2) is 0 Å². The maximum absolute atomic E-state index is 12.0. The minimum Gasteiger partial charge on any atom is -0.289 e. The van der Waals surface area contributed by atoms with Crippen LogP contribution in [0.3, 0.4) is 0 Å². The van der Waals surface area contributed by atoms with E-state index in [9.17, 15) is 4.79 Å². The van der Waals surface area contributed by atoms with Crippen LogP contribution in [0.25, 0.3) is 20.9 Å². The quantitative estimate of drug-likeness (QED) is 0.564. The molecule has 0 atom stereocenters. The molecule has 0 aliphatic rings. The average Bonchev–Trinajstić information content (AvgIpc) is 2.81. The molecule has 0 aliphatic carbocycles. The lowest BCUT2D eigenvalue weighted by molar-refractivity contribution is 1.88. The third kappa shape index (κ3) is 1.03. The lowest BCUT2D eigenvalue weighted by Crippen LogP contribution is -1.94. The highest BCUT2D eigenvalue weighted by molar-refractivity contribution is 7.17. The normalized spacial score (nSPS) is 11.1. The molecule has 2 aromatic heterocycles. The summed E-state index contributed by atoms with van der Waals surface area (Å²) in [7, 11) is 0. The van der Waals surface area contributed by atoms with E-state index in [2.05, 4.69) is 0 Å². The topological polar surface area (TPSA) is 17.1 Å². The number of hydrogen-bond donors (Lipinski definition) is 0. The largest absolute Gasteiger partial charge is 0.289 e. The van der Waals surface area contributed by atoms with Gasteiger partial charge in [0.1, 0.15) is 0 Å². The molecule has 3 aromatic rings. The third-order valence-electron chi connectivity index (χ3n) is 2.29. The fourth-order valence-electron chi connectivity index (χ4n) is 1.57. The predicted molar refractivity (Wildman–Crippen MR) is 63.5 cm³/mol. The Labute approximate surface area is 88.2 Å². The Morgan fingerprint density at radius 1 is 1.00 bits per heavy atom. The van der Waals surface area contributed by atoms with Crippen LogP contribution in [-0.4, -0.2) is 0 Å². The zero-order chi connectivity index (χ0) is 9.54. The first-order valence-corrected chi connectivity index (χ1v) is 6.05. The maximum atomic E-state index is 12.0. The summed E-state index contributed by atoms with van der Waals surface area (Å²) < 4.78 is 1.07. The number of thiophene rings is 2. The van der Waals surface area contributed by atoms with Crippen LogP contribution in [0.5, 0.6) is 0 Å². The first-order chi connectivity index (χ1) is 6.86. The van der Waals surface area contributed by atoms with Crippen molar-refractivity contribution in [3.05, 3.63) is 44.6 Å². The van der Waals surface area contributed by atoms with Crippen molar-refractivity contribution in [2.75, 3.05) is 0 Å². The van der Waals surface area contributed by atoms with Crippen LogP contribution in [0.4, 0.5) is 0 Å². The van der Waals surface area contributed by atoms with Gasteiger partial charge in [0.25, 0.3) is 0 Å². The van der Waals surface area contributed by atoms with Gasteiger partial charge in [-0.2, -0.15) is 11.3 Å². The van der Waals surface area contributed by atoms with Crippen LogP contribution in [0.1, 0.15) is 0 Å². The van der Waals surface area contributed by atoms with Crippen LogP contribution in [0.2, 0.25) is 0 Å². The van der Waals surface area contributed by atoms with Crippen LogP contribution in [-0.2, 0) is 0 Å². The van der Waals surface area contributed by atoms with Gasteiger partial charge in [-0.3, -0.25) is 4.79 Å². The fraction of sp³-hybridized carbons (Fsp3) is 0. The number of rotatable bonds is 0. The highest BCUT2D eigenvalue weighted by Gasteiger charge is 2.02. The van der Waals surface area contributed by atoms with E-state index in [-0.39, 0.29) is 5.43 Å². The first kappa shape index (κ1) is 8.15. The summed E-state index contributed by atoms with van der Waals surface area (Å²) >= 11 is 3.19. The van der Waals surface area contributed by atoms with E-state index in [1.807, 2.05) is 34.3 Å². The first-order valence-electron chi connectivity index (χ1n) is 4.23. The van der Waals surface area contributed by atoms with Gasteiger partial charge in [0.05, 0.1) is 0 Å². The second-order valence-corrected chi connectivity index (χ2v) is 4.79. The van der Waals surface area contributed by atoms with Gasteiger partial charge in [0, 0.05) is 20.9 Å². The second-order valence-electron chi connectivity index (χ2n) is 3.10. The molecule has 2 heterocycles. The molecule has 0 radical (unpaired) electrons. The van der Waals surface area contributed by atoms with Crippen molar-refractivity contribution in [3.8, 4) is 0 Å². The van der Waals surface area contributed by atoms with E-state index < -0.39 is 0 Å². The SMILES string of the molecule is O=c1c2cscc2ccc2sccc12. The zero-order valence-corrected chi connectivity index (χ0v) is 8.82. The molecule has 0 bridgehead atoms. The van der Waals surface area contributed by atoms with Crippen molar-refractivity contribution < 1.29 is 0 Å². The Morgan fingerprint density at radius 3 is 2.86 bits per heavy atom. The molecule has 0 spiro atoms. The van der Waals surface area contributed by atoms with Gasteiger partial charge >= 0.3 is 0 Å². The van der Waals surface area contributed by atoms with Crippen LogP contribution >= 0.6 is 22.7 Å². The summed E-state index contributed by atoms with van der Waals surface area (Å²) in [6, 6.07) is 5.95. The monoisotopic (exact) mass is 218 g/mol. The summed E-state index contributed by atoms with van der Waals surface area (Å²) in [5, 5.41) is 8.62. The molecule has 1 aromatic carbocycles. The van der Waals surface area contributed by atoms with E-state index in [1.165, 1.54) is 0 Å². The molecule has 0 unspecified atom stereocenters. The summed E-state index contributed by atoms with van der Waals surface area (Å²) in [5.74, 6) is 0. The minimum absolute atomic E-state index is 0.155. The molecular formula is C11H6OS2. The smallest absolute Gasteiger partial charge is 0.195 e. The average molecular weight is 218 g/mol. The van der Waals surface area contributed by atoms with Crippen molar-refractivity contribution in [1.29, 1.82) is 0 Å². The molecule has 0 aliphatic heterocycles. The van der Waals surface area contributed by atoms with Crippen LogP contribution in [0.15, 0.2) is 39.1 Å². The molecule has 0 amide bonds. The Morgan fingerprint density at radius 2 is 1.93 bits per heavy atom.